The van der Waals surface area contributed by atoms with Gasteiger partial charge in [-0.1, -0.05) is 11.6 Å². The third-order valence-electron chi connectivity index (χ3n) is 2.49. The van der Waals surface area contributed by atoms with Crippen LogP contribution in [0.15, 0.2) is 18.2 Å². The number of nitrogens with one attached hydrogen (secondary N) is 1. The molecule has 0 fully saturated rings. The molecule has 1 amide bonds. The third-order valence-corrected chi connectivity index (χ3v) is 3.76. The monoisotopic (exact) mass is 299 g/mol. The van der Waals surface area contributed by atoms with Crippen LogP contribution in [0.3, 0.4) is 0 Å². The van der Waals surface area contributed by atoms with Crippen molar-refractivity contribution < 1.29 is 9.53 Å². The maximum absolute atomic E-state index is 11.6. The van der Waals surface area contributed by atoms with E-state index in [9.17, 15) is 4.79 Å². The number of amides is 1. The van der Waals surface area contributed by atoms with E-state index in [1.54, 1.807) is 6.07 Å². The van der Waals surface area contributed by atoms with Gasteiger partial charge in [-0.25, -0.2) is 4.98 Å². The Morgan fingerprint density at radius 1 is 1.63 bits per heavy atom. The Kier molecular flexibility index (Phi) is 4.71. The molecule has 0 aliphatic rings. The zero-order valence-corrected chi connectivity index (χ0v) is 11.9. The Labute approximate surface area is 119 Å². The second kappa shape index (κ2) is 6.29. The van der Waals surface area contributed by atoms with Gasteiger partial charge < -0.3 is 15.8 Å². The number of hydrogen-bond donors (Lipinski definition) is 2. The number of carbonyl (C=O) groups excluding carboxylic acids is 1. The van der Waals surface area contributed by atoms with Gasteiger partial charge in [0.25, 0.3) is 0 Å². The Balaban J connectivity index is 2.00. The molecule has 0 aliphatic carbocycles. The number of rotatable bonds is 5. The van der Waals surface area contributed by atoms with Crippen LogP contribution in [0, 0.1) is 0 Å². The van der Waals surface area contributed by atoms with Crippen LogP contribution in [0.4, 0.5) is 0 Å². The number of halogens is 1. The molecule has 2 aromatic rings. The van der Waals surface area contributed by atoms with Gasteiger partial charge in [-0.05, 0) is 18.2 Å². The van der Waals surface area contributed by atoms with Crippen molar-refractivity contribution in [2.24, 2.45) is 5.73 Å². The predicted octanol–water partition coefficient (Wildman–Crippen LogP) is 1.54. The van der Waals surface area contributed by atoms with Crippen molar-refractivity contribution in [1.82, 2.24) is 10.3 Å². The second-order valence-corrected chi connectivity index (χ2v) is 5.55. The summed E-state index contributed by atoms with van der Waals surface area (Å²) in [6, 6.07) is 4.87. The molecule has 7 heteroatoms. The van der Waals surface area contributed by atoms with E-state index in [0.717, 1.165) is 15.2 Å². The first-order valence-electron chi connectivity index (χ1n) is 5.67. The first-order valence-corrected chi connectivity index (χ1v) is 6.87. The molecule has 0 spiro atoms. The van der Waals surface area contributed by atoms with Crippen LogP contribution < -0.4 is 11.1 Å². The van der Waals surface area contributed by atoms with E-state index in [2.05, 4.69) is 10.3 Å². The number of aromatic nitrogens is 1. The fourth-order valence-corrected chi connectivity index (χ4v) is 2.63. The quantitative estimate of drug-likeness (QED) is 0.878. The Hall–Kier alpha value is -1.21. The van der Waals surface area contributed by atoms with E-state index < -0.39 is 6.04 Å². The number of methoxy groups -OCH3 is 1. The number of nitrogens with zero attached hydrogens (tertiary/aromatic N) is 1. The zero-order chi connectivity index (χ0) is 13.8. The van der Waals surface area contributed by atoms with Gasteiger partial charge in [0.1, 0.15) is 11.0 Å². The van der Waals surface area contributed by atoms with Crippen LogP contribution in [0.5, 0.6) is 0 Å². The average Bonchev–Trinajstić information content (AvgIpc) is 2.78. The summed E-state index contributed by atoms with van der Waals surface area (Å²) in [5.74, 6) is -0.251. The molecule has 3 N–H and O–H groups in total. The summed E-state index contributed by atoms with van der Waals surface area (Å²) in [7, 11) is 1.50. The molecule has 102 valence electrons. The van der Waals surface area contributed by atoms with Gasteiger partial charge in [-0.15, -0.1) is 11.3 Å². The first kappa shape index (κ1) is 14.2. The number of carbonyl (C=O) groups is 1. The molecule has 0 saturated heterocycles. The molecule has 2 rings (SSSR count). The van der Waals surface area contributed by atoms with Crippen molar-refractivity contribution in [1.29, 1.82) is 0 Å². The lowest BCUT2D eigenvalue weighted by Crippen LogP contribution is -2.43. The summed E-state index contributed by atoms with van der Waals surface area (Å²) < 4.78 is 5.86. The van der Waals surface area contributed by atoms with Gasteiger partial charge in [0, 0.05) is 12.1 Å². The molecular weight excluding hydrogens is 286 g/mol. The summed E-state index contributed by atoms with van der Waals surface area (Å²) in [6.45, 7) is 0.550. The average molecular weight is 300 g/mol. The van der Waals surface area contributed by atoms with E-state index in [1.165, 1.54) is 18.4 Å². The normalized spacial score (nSPS) is 12.6. The van der Waals surface area contributed by atoms with E-state index >= 15 is 0 Å². The molecule has 1 atom stereocenters. The van der Waals surface area contributed by atoms with Crippen molar-refractivity contribution in [3.05, 3.63) is 28.2 Å². The zero-order valence-electron chi connectivity index (χ0n) is 10.4. The fraction of sp³-hybridized carbons (Fsp3) is 0.333. The van der Waals surface area contributed by atoms with E-state index in [4.69, 9.17) is 22.1 Å². The van der Waals surface area contributed by atoms with Crippen molar-refractivity contribution in [3.8, 4) is 0 Å². The van der Waals surface area contributed by atoms with Crippen LogP contribution in [-0.2, 0) is 16.1 Å². The van der Waals surface area contributed by atoms with Crippen LogP contribution in [0.2, 0.25) is 5.02 Å². The van der Waals surface area contributed by atoms with Crippen molar-refractivity contribution in [2.75, 3.05) is 13.7 Å². The highest BCUT2D eigenvalue weighted by molar-refractivity contribution is 7.18. The molecule has 0 saturated carbocycles. The minimum Gasteiger partial charge on any atom is -0.383 e. The standard InChI is InChI=1S/C12H14ClN3O2S/c1-18-6-8(14)12(17)15-5-11-16-9-4-7(13)2-3-10(9)19-11/h2-4,8H,5-6,14H2,1H3,(H,15,17). The molecule has 0 bridgehead atoms. The lowest BCUT2D eigenvalue weighted by molar-refractivity contribution is -0.123. The third kappa shape index (κ3) is 3.63. The molecule has 1 aromatic carbocycles. The second-order valence-electron chi connectivity index (χ2n) is 4.00. The lowest BCUT2D eigenvalue weighted by Gasteiger charge is -2.09. The maximum atomic E-state index is 11.6. The number of fused-ring (bicyclic) bond motifs is 1. The topological polar surface area (TPSA) is 77.2 Å². The van der Waals surface area contributed by atoms with Crippen LogP contribution in [0.25, 0.3) is 10.2 Å². The van der Waals surface area contributed by atoms with Crippen LogP contribution >= 0.6 is 22.9 Å². The number of hydrogen-bond acceptors (Lipinski definition) is 5. The van der Waals surface area contributed by atoms with E-state index in [0.29, 0.717) is 11.6 Å². The van der Waals surface area contributed by atoms with Gasteiger partial charge >= 0.3 is 0 Å². The molecule has 5 nitrogen and oxygen atoms in total. The van der Waals surface area contributed by atoms with Gasteiger partial charge in [0.15, 0.2) is 0 Å². The highest BCUT2D eigenvalue weighted by atomic mass is 35.5. The molecule has 1 aromatic heterocycles. The van der Waals surface area contributed by atoms with Crippen molar-refractivity contribution >= 4 is 39.1 Å². The molecule has 1 unspecified atom stereocenters. The fourth-order valence-electron chi connectivity index (χ4n) is 1.57. The minimum absolute atomic E-state index is 0.196. The Morgan fingerprint density at radius 2 is 2.42 bits per heavy atom. The predicted molar refractivity (Wildman–Crippen MR) is 76.3 cm³/mol. The largest absolute Gasteiger partial charge is 0.383 e. The van der Waals surface area contributed by atoms with Gasteiger partial charge in [-0.3, -0.25) is 4.79 Å². The molecule has 1 heterocycles. The molecular formula is C12H14ClN3O2S. The highest BCUT2D eigenvalue weighted by Gasteiger charge is 2.13. The summed E-state index contributed by atoms with van der Waals surface area (Å²) in [5, 5.41) is 4.19. The van der Waals surface area contributed by atoms with E-state index in [1.807, 2.05) is 12.1 Å². The SMILES string of the molecule is COCC(N)C(=O)NCc1nc2cc(Cl)ccc2s1. The van der Waals surface area contributed by atoms with Crippen LogP contribution in [0.1, 0.15) is 5.01 Å². The van der Waals surface area contributed by atoms with Crippen LogP contribution in [-0.4, -0.2) is 30.6 Å². The maximum Gasteiger partial charge on any atom is 0.239 e. The lowest BCUT2D eigenvalue weighted by atomic mass is 10.3. The summed E-state index contributed by atoms with van der Waals surface area (Å²) >= 11 is 7.41. The minimum atomic E-state index is -0.658. The van der Waals surface area contributed by atoms with Gasteiger partial charge in [0.05, 0.1) is 23.4 Å². The van der Waals surface area contributed by atoms with Gasteiger partial charge in [0.2, 0.25) is 5.91 Å². The number of thiazole rings is 1. The molecule has 0 radical (unpaired) electrons. The number of ether oxygens (including phenoxy) is 1. The smallest absolute Gasteiger partial charge is 0.239 e. The summed E-state index contributed by atoms with van der Waals surface area (Å²) in [4.78, 5) is 16.0. The Morgan fingerprint density at radius 3 is 3.16 bits per heavy atom. The van der Waals surface area contributed by atoms with Gasteiger partial charge in [-0.2, -0.15) is 0 Å². The number of benzene rings is 1. The van der Waals surface area contributed by atoms with E-state index in [-0.39, 0.29) is 12.5 Å². The molecule has 19 heavy (non-hydrogen) atoms. The van der Waals surface area contributed by atoms with Crippen molar-refractivity contribution in [3.63, 3.8) is 0 Å². The number of nitrogens with two attached hydrogens (primary N) is 1. The highest BCUT2D eigenvalue weighted by Crippen LogP contribution is 2.24. The molecule has 0 aliphatic heterocycles. The summed E-state index contributed by atoms with van der Waals surface area (Å²) in [5.41, 5.74) is 6.45. The van der Waals surface area contributed by atoms with Crippen molar-refractivity contribution in [2.45, 2.75) is 12.6 Å². The summed E-state index contributed by atoms with van der Waals surface area (Å²) in [6.07, 6.45) is 0. The Bertz CT molecular complexity index is 587. The first-order chi connectivity index (χ1) is 9.10.